The Hall–Kier alpha value is -1.20. The van der Waals surface area contributed by atoms with Crippen molar-refractivity contribution in [3.8, 4) is 0 Å². The van der Waals surface area contributed by atoms with Crippen molar-refractivity contribution in [2.24, 2.45) is 12.0 Å². The SMILES string of the molecule is CN=C(NCc1sc(C)nc1C)NCC(c1cnn(C)c1)N(C)C.I. The molecule has 0 amide bonds. The van der Waals surface area contributed by atoms with Crippen LogP contribution in [0.2, 0.25) is 0 Å². The van der Waals surface area contributed by atoms with E-state index in [-0.39, 0.29) is 30.0 Å². The molecule has 2 rings (SSSR count). The normalized spacial score (nSPS) is 12.8. The van der Waals surface area contributed by atoms with Crippen LogP contribution in [-0.4, -0.2) is 53.3 Å². The van der Waals surface area contributed by atoms with Crippen LogP contribution in [-0.2, 0) is 13.6 Å². The molecule has 2 aromatic heterocycles. The number of aromatic nitrogens is 3. The van der Waals surface area contributed by atoms with E-state index in [1.165, 1.54) is 10.4 Å². The number of aliphatic imine (C=N–C) groups is 1. The fourth-order valence-corrected chi connectivity index (χ4v) is 3.40. The van der Waals surface area contributed by atoms with E-state index in [9.17, 15) is 0 Å². The summed E-state index contributed by atoms with van der Waals surface area (Å²) >= 11 is 1.72. The van der Waals surface area contributed by atoms with E-state index < -0.39 is 0 Å². The zero-order chi connectivity index (χ0) is 17.7. The lowest BCUT2D eigenvalue weighted by Crippen LogP contribution is -2.41. The Labute approximate surface area is 171 Å². The maximum absolute atomic E-state index is 4.46. The molecule has 2 heterocycles. The highest BCUT2D eigenvalue weighted by molar-refractivity contribution is 14.0. The number of halogens is 1. The molecule has 0 saturated carbocycles. The minimum absolute atomic E-state index is 0. The average molecular weight is 477 g/mol. The molecule has 0 spiro atoms. The quantitative estimate of drug-likeness (QED) is 0.379. The van der Waals surface area contributed by atoms with Crippen molar-refractivity contribution in [3.05, 3.63) is 33.5 Å². The van der Waals surface area contributed by atoms with Crippen molar-refractivity contribution in [2.75, 3.05) is 27.7 Å². The van der Waals surface area contributed by atoms with Crippen LogP contribution >= 0.6 is 35.3 Å². The van der Waals surface area contributed by atoms with Crippen LogP contribution in [0, 0.1) is 13.8 Å². The van der Waals surface area contributed by atoms with Gasteiger partial charge in [-0.1, -0.05) is 0 Å². The fourth-order valence-electron chi connectivity index (χ4n) is 2.53. The van der Waals surface area contributed by atoms with Crippen LogP contribution < -0.4 is 10.6 Å². The second kappa shape index (κ2) is 10.1. The second-order valence-corrected chi connectivity index (χ2v) is 7.26. The Kier molecular flexibility index (Phi) is 8.80. The summed E-state index contributed by atoms with van der Waals surface area (Å²) < 4.78 is 1.83. The molecular weight excluding hydrogens is 449 g/mol. The molecule has 0 aliphatic heterocycles. The molecule has 140 valence electrons. The fraction of sp³-hybridized carbons (Fsp3) is 0.562. The van der Waals surface area contributed by atoms with Crippen molar-refractivity contribution in [3.63, 3.8) is 0 Å². The van der Waals surface area contributed by atoms with Gasteiger partial charge in [0.2, 0.25) is 0 Å². The number of likely N-dealkylation sites (N-methyl/N-ethyl adjacent to an activating group) is 1. The van der Waals surface area contributed by atoms with Gasteiger partial charge in [0.15, 0.2) is 5.96 Å². The van der Waals surface area contributed by atoms with Gasteiger partial charge >= 0.3 is 0 Å². The monoisotopic (exact) mass is 477 g/mol. The number of thiazole rings is 1. The topological polar surface area (TPSA) is 70.4 Å². The van der Waals surface area contributed by atoms with E-state index >= 15 is 0 Å². The van der Waals surface area contributed by atoms with Gasteiger partial charge in [0.05, 0.1) is 29.5 Å². The largest absolute Gasteiger partial charge is 0.354 e. The Morgan fingerprint density at radius 1 is 1.36 bits per heavy atom. The van der Waals surface area contributed by atoms with E-state index in [0.717, 1.165) is 29.8 Å². The lowest BCUT2D eigenvalue weighted by atomic mass is 10.1. The highest BCUT2D eigenvalue weighted by atomic mass is 127. The zero-order valence-electron chi connectivity index (χ0n) is 15.7. The Balaban J connectivity index is 0.00000312. The first-order valence-corrected chi connectivity index (χ1v) is 8.74. The van der Waals surface area contributed by atoms with Crippen LogP contribution in [0.5, 0.6) is 0 Å². The smallest absolute Gasteiger partial charge is 0.191 e. The van der Waals surface area contributed by atoms with Gasteiger partial charge in [0.25, 0.3) is 0 Å². The molecular formula is C16H28IN7S. The third-order valence-corrected chi connectivity index (χ3v) is 4.91. The van der Waals surface area contributed by atoms with Crippen LogP contribution in [0.3, 0.4) is 0 Å². The standard InChI is InChI=1S/C16H27N7S.HI/c1-11-15(24-12(2)21-11)9-19-16(17-3)18-8-14(22(4)5)13-7-20-23(6)10-13;/h7,10,14H,8-9H2,1-6H3,(H2,17,18,19);1H. The van der Waals surface area contributed by atoms with E-state index in [2.05, 4.69) is 44.7 Å². The van der Waals surface area contributed by atoms with Gasteiger partial charge in [-0.15, -0.1) is 35.3 Å². The third-order valence-electron chi connectivity index (χ3n) is 3.84. The van der Waals surface area contributed by atoms with Crippen molar-refractivity contribution < 1.29 is 0 Å². The lowest BCUT2D eigenvalue weighted by molar-refractivity contribution is 0.298. The molecule has 0 aliphatic rings. The Morgan fingerprint density at radius 2 is 2.08 bits per heavy atom. The van der Waals surface area contributed by atoms with Gasteiger partial charge in [-0.3, -0.25) is 9.67 Å². The summed E-state index contributed by atoms with van der Waals surface area (Å²) in [5.41, 5.74) is 2.27. The number of aryl methyl sites for hydroxylation is 3. The maximum atomic E-state index is 4.46. The molecule has 0 bridgehead atoms. The first-order chi connectivity index (χ1) is 11.4. The van der Waals surface area contributed by atoms with E-state index in [0.29, 0.717) is 0 Å². The third kappa shape index (κ3) is 6.23. The molecule has 25 heavy (non-hydrogen) atoms. The number of nitrogens with one attached hydrogen (secondary N) is 2. The Morgan fingerprint density at radius 3 is 2.56 bits per heavy atom. The summed E-state index contributed by atoms with van der Waals surface area (Å²) in [5, 5.41) is 12.1. The van der Waals surface area contributed by atoms with Crippen molar-refractivity contribution in [2.45, 2.75) is 26.4 Å². The highest BCUT2D eigenvalue weighted by Crippen LogP contribution is 2.17. The second-order valence-electron chi connectivity index (χ2n) is 5.97. The van der Waals surface area contributed by atoms with E-state index in [1.807, 2.05) is 38.0 Å². The first-order valence-electron chi connectivity index (χ1n) is 7.93. The van der Waals surface area contributed by atoms with E-state index in [1.54, 1.807) is 18.4 Å². The molecule has 2 aromatic rings. The minimum atomic E-state index is 0. The molecule has 0 saturated heterocycles. The molecule has 1 atom stereocenters. The predicted molar refractivity (Wildman–Crippen MR) is 115 cm³/mol. The molecule has 0 fully saturated rings. The molecule has 0 aromatic carbocycles. The minimum Gasteiger partial charge on any atom is -0.354 e. The molecule has 0 aliphatic carbocycles. The average Bonchev–Trinajstić information content (AvgIpc) is 3.07. The number of guanidine groups is 1. The molecule has 0 radical (unpaired) electrons. The van der Waals surface area contributed by atoms with Gasteiger partial charge in [0, 0.05) is 37.3 Å². The molecule has 2 N–H and O–H groups in total. The summed E-state index contributed by atoms with van der Waals surface area (Å²) in [5.74, 6) is 0.788. The first kappa shape index (κ1) is 21.8. The van der Waals surface area contributed by atoms with Crippen molar-refractivity contribution in [1.29, 1.82) is 0 Å². The van der Waals surface area contributed by atoms with Crippen LogP contribution in [0.1, 0.15) is 27.2 Å². The summed E-state index contributed by atoms with van der Waals surface area (Å²) in [6, 6.07) is 0.227. The van der Waals surface area contributed by atoms with Gasteiger partial charge in [-0.25, -0.2) is 4.98 Å². The van der Waals surface area contributed by atoms with Gasteiger partial charge in [-0.2, -0.15) is 5.10 Å². The predicted octanol–water partition coefficient (Wildman–Crippen LogP) is 2.08. The molecule has 1 unspecified atom stereocenters. The molecule has 9 heteroatoms. The van der Waals surface area contributed by atoms with Gasteiger partial charge in [0.1, 0.15) is 0 Å². The number of hydrogen-bond acceptors (Lipinski definition) is 5. The number of rotatable bonds is 6. The Bertz CT molecular complexity index is 692. The van der Waals surface area contributed by atoms with Gasteiger partial charge < -0.3 is 15.5 Å². The van der Waals surface area contributed by atoms with Crippen LogP contribution in [0.25, 0.3) is 0 Å². The van der Waals surface area contributed by atoms with Gasteiger partial charge in [-0.05, 0) is 27.9 Å². The maximum Gasteiger partial charge on any atom is 0.191 e. The van der Waals surface area contributed by atoms with E-state index in [4.69, 9.17) is 0 Å². The lowest BCUT2D eigenvalue weighted by Gasteiger charge is -2.24. The highest BCUT2D eigenvalue weighted by Gasteiger charge is 2.16. The van der Waals surface area contributed by atoms with Crippen LogP contribution in [0.15, 0.2) is 17.4 Å². The van der Waals surface area contributed by atoms with Crippen molar-refractivity contribution >= 4 is 41.3 Å². The summed E-state index contributed by atoms with van der Waals surface area (Å²) in [6.45, 7) is 5.56. The summed E-state index contributed by atoms with van der Waals surface area (Å²) in [4.78, 5) is 12.2. The summed E-state index contributed by atoms with van der Waals surface area (Å²) in [6.07, 6.45) is 3.96. The van der Waals surface area contributed by atoms with Crippen molar-refractivity contribution in [1.82, 2.24) is 30.3 Å². The number of nitrogens with zero attached hydrogens (tertiary/aromatic N) is 5. The zero-order valence-corrected chi connectivity index (χ0v) is 18.8. The number of hydrogen-bond donors (Lipinski definition) is 2. The summed E-state index contributed by atoms with van der Waals surface area (Å²) in [7, 11) is 7.86. The molecule has 7 nitrogen and oxygen atoms in total. The van der Waals surface area contributed by atoms with Crippen LogP contribution in [0.4, 0.5) is 0 Å².